The van der Waals surface area contributed by atoms with Crippen molar-refractivity contribution in [2.45, 2.75) is 5.41 Å². The predicted molar refractivity (Wildman–Crippen MR) is 270 cm³/mol. The summed E-state index contributed by atoms with van der Waals surface area (Å²) in [5.74, 6) is 1.87. The molecule has 0 unspecified atom stereocenters. The van der Waals surface area contributed by atoms with E-state index in [4.69, 9.17) is 4.74 Å². The largest absolute Gasteiger partial charge is 0.455 e. The summed E-state index contributed by atoms with van der Waals surface area (Å²) in [4.78, 5) is 2.36. The lowest BCUT2D eigenvalue weighted by molar-refractivity contribution is 0.447. The Balaban J connectivity index is 0.925. The van der Waals surface area contributed by atoms with Crippen LogP contribution in [0.2, 0.25) is 0 Å². The minimum Gasteiger partial charge on any atom is -0.455 e. The topological polar surface area (TPSA) is 12.5 Å². The van der Waals surface area contributed by atoms with Crippen LogP contribution in [0.4, 0.5) is 17.1 Å². The van der Waals surface area contributed by atoms with E-state index in [-0.39, 0.29) is 0 Å². The van der Waals surface area contributed by atoms with Crippen LogP contribution in [0.25, 0.3) is 66.1 Å². The van der Waals surface area contributed by atoms with Crippen LogP contribution in [0.15, 0.2) is 249 Å². The number of hydrogen-bond donors (Lipinski definition) is 0. The van der Waals surface area contributed by atoms with Gasteiger partial charge >= 0.3 is 0 Å². The van der Waals surface area contributed by atoms with Gasteiger partial charge in [0.25, 0.3) is 0 Å². The molecule has 0 saturated heterocycles. The van der Waals surface area contributed by atoms with E-state index < -0.39 is 5.41 Å². The molecule has 0 fully saturated rings. The molecule has 1 aliphatic heterocycles. The van der Waals surface area contributed by atoms with Crippen LogP contribution in [0, 0.1) is 0 Å². The summed E-state index contributed by atoms with van der Waals surface area (Å²) in [7, 11) is 0. The molecule has 0 atom stereocenters. The van der Waals surface area contributed by atoms with Crippen LogP contribution < -0.4 is 9.64 Å². The number of benzene rings is 11. The van der Waals surface area contributed by atoms with E-state index in [0.29, 0.717) is 0 Å². The lowest BCUT2D eigenvalue weighted by atomic mass is 9.65. The van der Waals surface area contributed by atoms with Crippen molar-refractivity contribution >= 4 is 38.6 Å². The van der Waals surface area contributed by atoms with Gasteiger partial charge in [0.15, 0.2) is 0 Å². The fourth-order valence-corrected chi connectivity index (χ4v) is 10.9. The van der Waals surface area contributed by atoms with Crippen molar-refractivity contribution < 1.29 is 4.74 Å². The molecule has 1 aliphatic carbocycles. The number of hydrogen-bond acceptors (Lipinski definition) is 2. The fraction of sp³-hybridized carbons (Fsp3) is 0.0159. The van der Waals surface area contributed by atoms with Gasteiger partial charge in [-0.3, -0.25) is 0 Å². The minimum absolute atomic E-state index is 0.587. The third-order valence-corrected chi connectivity index (χ3v) is 13.7. The average Bonchev–Trinajstić information content (AvgIpc) is 3.68. The van der Waals surface area contributed by atoms with E-state index in [1.165, 1.54) is 77.5 Å². The molecule has 1 heterocycles. The predicted octanol–water partition coefficient (Wildman–Crippen LogP) is 16.9. The molecule has 11 aromatic carbocycles. The van der Waals surface area contributed by atoms with Gasteiger partial charge < -0.3 is 9.64 Å². The summed E-state index contributed by atoms with van der Waals surface area (Å²) in [6.07, 6.45) is 0. The van der Waals surface area contributed by atoms with Gasteiger partial charge in [-0.25, -0.2) is 0 Å². The van der Waals surface area contributed by atoms with E-state index in [1.807, 2.05) is 0 Å². The first-order valence-electron chi connectivity index (χ1n) is 22.4. The Morgan fingerprint density at radius 3 is 1.45 bits per heavy atom. The highest BCUT2D eigenvalue weighted by atomic mass is 16.5. The highest BCUT2D eigenvalue weighted by Gasteiger charge is 2.52. The van der Waals surface area contributed by atoms with Crippen molar-refractivity contribution in [2.24, 2.45) is 0 Å². The third-order valence-electron chi connectivity index (χ3n) is 13.7. The van der Waals surface area contributed by atoms with Gasteiger partial charge in [-0.1, -0.05) is 218 Å². The fourth-order valence-electron chi connectivity index (χ4n) is 10.9. The first-order valence-corrected chi connectivity index (χ1v) is 22.4. The summed E-state index contributed by atoms with van der Waals surface area (Å²) in [5.41, 5.74) is 17.3. The zero-order valence-electron chi connectivity index (χ0n) is 35.5. The molecule has 0 aromatic heterocycles. The summed E-state index contributed by atoms with van der Waals surface area (Å²) >= 11 is 0. The van der Waals surface area contributed by atoms with E-state index in [1.54, 1.807) is 0 Å². The standard InChI is InChI=1S/C63H41NO/c1-3-16-44(17-4-1)50-22-12-14-29-59(50)64(48-20-5-2-6-21-48)49-38-34-43(35-39-49)42-30-32-47(33-31-42)51-26-15-28-56-60(51)54-25-11-13-27-55(54)63(56)57-40-36-45-18-7-9-23-52(45)61(57)65-62-53-24-10-8-19-46(53)37-41-58(62)63/h1-41H. The van der Waals surface area contributed by atoms with Crippen molar-refractivity contribution in [3.05, 3.63) is 271 Å². The quantitative estimate of drug-likeness (QED) is 0.166. The third kappa shape index (κ3) is 5.67. The Kier molecular flexibility index (Phi) is 8.47. The Morgan fingerprint density at radius 2 is 0.769 bits per heavy atom. The normalized spacial score (nSPS) is 12.9. The molecule has 13 rings (SSSR count). The second kappa shape index (κ2) is 14.8. The first kappa shape index (κ1) is 37.1. The van der Waals surface area contributed by atoms with Crippen molar-refractivity contribution in [1.82, 2.24) is 0 Å². The Labute approximate surface area is 378 Å². The Bertz CT molecular complexity index is 3530. The maximum atomic E-state index is 7.18. The Hall–Kier alpha value is -8.46. The number of nitrogens with zero attached hydrogens (tertiary/aromatic N) is 1. The smallest absolute Gasteiger partial charge is 0.140 e. The van der Waals surface area contributed by atoms with Gasteiger partial charge in [0.1, 0.15) is 11.5 Å². The zero-order valence-corrected chi connectivity index (χ0v) is 35.5. The van der Waals surface area contributed by atoms with Crippen molar-refractivity contribution in [3.63, 3.8) is 0 Å². The van der Waals surface area contributed by atoms with Crippen LogP contribution in [-0.4, -0.2) is 0 Å². The summed E-state index contributed by atoms with van der Waals surface area (Å²) in [6, 6.07) is 90.4. The highest BCUT2D eigenvalue weighted by Crippen LogP contribution is 2.65. The second-order valence-electron chi connectivity index (χ2n) is 17.1. The van der Waals surface area contributed by atoms with E-state index >= 15 is 0 Å². The molecule has 2 aliphatic rings. The summed E-state index contributed by atoms with van der Waals surface area (Å²) in [5, 5.41) is 4.58. The van der Waals surface area contributed by atoms with Crippen LogP contribution in [0.1, 0.15) is 22.3 Å². The second-order valence-corrected chi connectivity index (χ2v) is 17.1. The van der Waals surface area contributed by atoms with E-state index in [9.17, 15) is 0 Å². The highest BCUT2D eigenvalue weighted by molar-refractivity contribution is 6.02. The van der Waals surface area contributed by atoms with E-state index in [2.05, 4.69) is 254 Å². The number of ether oxygens (including phenoxy) is 1. The monoisotopic (exact) mass is 827 g/mol. The number of para-hydroxylation sites is 2. The van der Waals surface area contributed by atoms with E-state index in [0.717, 1.165) is 39.3 Å². The molecule has 2 heteroatoms. The average molecular weight is 828 g/mol. The molecule has 2 nitrogen and oxygen atoms in total. The van der Waals surface area contributed by atoms with Crippen LogP contribution in [0.3, 0.4) is 0 Å². The number of fused-ring (bicyclic) bond motifs is 13. The summed E-state index contributed by atoms with van der Waals surface area (Å²) in [6.45, 7) is 0. The van der Waals surface area contributed by atoms with Crippen LogP contribution >= 0.6 is 0 Å². The lowest BCUT2D eigenvalue weighted by Crippen LogP contribution is -2.32. The molecule has 11 aromatic rings. The Morgan fingerprint density at radius 1 is 0.292 bits per heavy atom. The van der Waals surface area contributed by atoms with Gasteiger partial charge in [-0.05, 0) is 91.2 Å². The van der Waals surface area contributed by atoms with Crippen LogP contribution in [0.5, 0.6) is 11.5 Å². The van der Waals surface area contributed by atoms with Gasteiger partial charge in [0.2, 0.25) is 0 Å². The van der Waals surface area contributed by atoms with Gasteiger partial charge in [0, 0.05) is 38.8 Å². The van der Waals surface area contributed by atoms with Crippen molar-refractivity contribution in [1.29, 1.82) is 0 Å². The van der Waals surface area contributed by atoms with Crippen molar-refractivity contribution in [3.8, 4) is 56.0 Å². The molecular weight excluding hydrogens is 787 g/mol. The van der Waals surface area contributed by atoms with Crippen LogP contribution in [-0.2, 0) is 5.41 Å². The van der Waals surface area contributed by atoms with Gasteiger partial charge in [-0.2, -0.15) is 0 Å². The lowest BCUT2D eigenvalue weighted by Gasteiger charge is -2.40. The number of rotatable bonds is 6. The molecule has 1 spiro atoms. The maximum absolute atomic E-state index is 7.18. The number of anilines is 3. The van der Waals surface area contributed by atoms with Crippen molar-refractivity contribution in [2.75, 3.05) is 4.90 Å². The SMILES string of the molecule is c1ccc(-c2ccccc2N(c2ccccc2)c2ccc(-c3ccc(-c4cccc5c4-c4ccccc4C54c5ccc6ccccc6c5Oc5c4ccc4ccccc54)cc3)cc2)cc1. The molecule has 0 amide bonds. The first-order chi connectivity index (χ1) is 32.3. The summed E-state index contributed by atoms with van der Waals surface area (Å²) < 4.78 is 7.18. The molecule has 0 saturated carbocycles. The molecule has 0 bridgehead atoms. The zero-order chi connectivity index (χ0) is 42.9. The van der Waals surface area contributed by atoms with Gasteiger partial charge in [0.05, 0.1) is 11.1 Å². The molecule has 65 heavy (non-hydrogen) atoms. The molecule has 304 valence electrons. The molecule has 0 N–H and O–H groups in total. The molecular formula is C63H41NO. The van der Waals surface area contributed by atoms with Gasteiger partial charge in [-0.15, -0.1) is 0 Å². The maximum Gasteiger partial charge on any atom is 0.140 e. The molecule has 0 radical (unpaired) electrons. The minimum atomic E-state index is -0.587.